The fraction of sp³-hybridized carbons (Fsp3) is 0.273. The van der Waals surface area contributed by atoms with Crippen molar-refractivity contribution < 1.29 is 23.8 Å². The normalized spacial score (nSPS) is 11.7. The van der Waals surface area contributed by atoms with Crippen LogP contribution in [-0.2, 0) is 9.59 Å². The van der Waals surface area contributed by atoms with E-state index in [4.69, 9.17) is 9.84 Å². The van der Waals surface area contributed by atoms with Crippen molar-refractivity contribution >= 4 is 34.5 Å². The number of carbonyl (C=O) groups is 2. The summed E-state index contributed by atoms with van der Waals surface area (Å²) in [6.07, 6.45) is 0. The molecule has 18 heavy (non-hydrogen) atoms. The molecule has 1 amide bonds. The van der Waals surface area contributed by atoms with Crippen molar-refractivity contribution in [1.29, 1.82) is 0 Å². The number of nitrogens with one attached hydrogen (secondary N) is 1. The summed E-state index contributed by atoms with van der Waals surface area (Å²) in [5.74, 6) is -1.61. The van der Waals surface area contributed by atoms with Crippen molar-refractivity contribution in [3.05, 3.63) is 27.8 Å². The van der Waals surface area contributed by atoms with Gasteiger partial charge in [-0.15, -0.1) is 0 Å². The SMILES string of the molecule is O=C(COc1ccc(I)cc1)NC(CF)C(=O)O. The Balaban J connectivity index is 2.41. The molecule has 0 heterocycles. The molecule has 0 radical (unpaired) electrons. The lowest BCUT2D eigenvalue weighted by Crippen LogP contribution is -2.44. The van der Waals surface area contributed by atoms with E-state index in [9.17, 15) is 14.0 Å². The Hall–Kier alpha value is -1.38. The average Bonchev–Trinajstić information content (AvgIpc) is 2.35. The van der Waals surface area contributed by atoms with Gasteiger partial charge in [0.05, 0.1) is 0 Å². The van der Waals surface area contributed by atoms with Crippen molar-refractivity contribution in [3.8, 4) is 5.75 Å². The molecule has 0 spiro atoms. The number of benzene rings is 1. The standard InChI is InChI=1S/C11H11FINO4/c12-5-9(11(16)17)14-10(15)6-18-8-3-1-7(13)2-4-8/h1-4,9H,5-6H2,(H,14,15)(H,16,17). The van der Waals surface area contributed by atoms with Gasteiger partial charge >= 0.3 is 5.97 Å². The summed E-state index contributed by atoms with van der Waals surface area (Å²) in [6, 6.07) is 5.43. The van der Waals surface area contributed by atoms with Crippen LogP contribution in [0.1, 0.15) is 0 Å². The number of hydrogen-bond acceptors (Lipinski definition) is 3. The van der Waals surface area contributed by atoms with E-state index in [1.54, 1.807) is 24.3 Å². The van der Waals surface area contributed by atoms with Crippen LogP contribution in [0.15, 0.2) is 24.3 Å². The number of carboxylic acids is 1. The van der Waals surface area contributed by atoms with Gasteiger partial charge in [0.2, 0.25) is 0 Å². The van der Waals surface area contributed by atoms with Gasteiger partial charge in [0, 0.05) is 3.57 Å². The lowest BCUT2D eigenvalue weighted by Gasteiger charge is -2.11. The monoisotopic (exact) mass is 367 g/mol. The largest absolute Gasteiger partial charge is 0.484 e. The summed E-state index contributed by atoms with van der Waals surface area (Å²) in [4.78, 5) is 21.8. The van der Waals surface area contributed by atoms with Crippen molar-refractivity contribution in [2.45, 2.75) is 6.04 Å². The minimum atomic E-state index is -1.53. The Bertz CT molecular complexity index is 424. The van der Waals surface area contributed by atoms with Crippen LogP contribution in [-0.4, -0.2) is 36.3 Å². The minimum absolute atomic E-state index is 0.357. The maximum atomic E-state index is 12.2. The molecule has 1 atom stereocenters. The zero-order valence-electron chi connectivity index (χ0n) is 9.23. The minimum Gasteiger partial charge on any atom is -0.484 e. The van der Waals surface area contributed by atoms with Gasteiger partial charge in [-0.25, -0.2) is 9.18 Å². The molecule has 0 bridgehead atoms. The Morgan fingerprint density at radius 1 is 1.39 bits per heavy atom. The number of halogens is 2. The number of ether oxygens (including phenoxy) is 1. The van der Waals surface area contributed by atoms with Crippen LogP contribution in [0.2, 0.25) is 0 Å². The molecule has 1 rings (SSSR count). The van der Waals surface area contributed by atoms with Gasteiger partial charge in [-0.2, -0.15) is 0 Å². The molecule has 0 aromatic heterocycles. The van der Waals surface area contributed by atoms with E-state index >= 15 is 0 Å². The molecule has 0 saturated heterocycles. The molecule has 0 aliphatic carbocycles. The predicted octanol–water partition coefficient (Wildman–Crippen LogP) is 1.21. The zero-order valence-corrected chi connectivity index (χ0v) is 11.4. The third-order valence-corrected chi connectivity index (χ3v) is 2.69. The third-order valence-electron chi connectivity index (χ3n) is 1.97. The second-order valence-electron chi connectivity index (χ2n) is 3.36. The van der Waals surface area contributed by atoms with E-state index in [0.29, 0.717) is 5.75 Å². The van der Waals surface area contributed by atoms with Crippen LogP contribution in [0.4, 0.5) is 4.39 Å². The van der Waals surface area contributed by atoms with E-state index in [1.807, 2.05) is 5.32 Å². The molecule has 98 valence electrons. The predicted molar refractivity (Wildman–Crippen MR) is 70.2 cm³/mol. The molecule has 7 heteroatoms. The summed E-state index contributed by atoms with van der Waals surface area (Å²) >= 11 is 2.12. The van der Waals surface area contributed by atoms with Crippen LogP contribution in [0.25, 0.3) is 0 Å². The molecule has 5 nitrogen and oxygen atoms in total. The van der Waals surface area contributed by atoms with Gasteiger partial charge in [0.1, 0.15) is 12.4 Å². The molecule has 0 saturated carbocycles. The number of carboxylic acid groups (broad SMARTS) is 1. The van der Waals surface area contributed by atoms with Crippen molar-refractivity contribution in [1.82, 2.24) is 5.32 Å². The fourth-order valence-corrected chi connectivity index (χ4v) is 1.44. The van der Waals surface area contributed by atoms with E-state index in [1.165, 1.54) is 0 Å². The van der Waals surface area contributed by atoms with E-state index in [-0.39, 0.29) is 6.61 Å². The first-order chi connectivity index (χ1) is 8.52. The van der Waals surface area contributed by atoms with Gasteiger partial charge in [-0.05, 0) is 46.9 Å². The van der Waals surface area contributed by atoms with Crippen molar-refractivity contribution in [3.63, 3.8) is 0 Å². The molecule has 2 N–H and O–H groups in total. The highest BCUT2D eigenvalue weighted by molar-refractivity contribution is 14.1. The number of amides is 1. The van der Waals surface area contributed by atoms with Crippen LogP contribution in [0.3, 0.4) is 0 Å². The molecule has 1 aromatic carbocycles. The highest BCUT2D eigenvalue weighted by Gasteiger charge is 2.19. The molecular formula is C11H11FINO4. The summed E-state index contributed by atoms with van der Waals surface area (Å²) in [5.41, 5.74) is 0. The van der Waals surface area contributed by atoms with Crippen LogP contribution in [0, 0.1) is 3.57 Å². The summed E-state index contributed by atoms with van der Waals surface area (Å²) in [7, 11) is 0. The number of carbonyl (C=O) groups excluding carboxylic acids is 1. The van der Waals surface area contributed by atoms with E-state index in [2.05, 4.69) is 22.6 Å². The fourth-order valence-electron chi connectivity index (χ4n) is 1.08. The lowest BCUT2D eigenvalue weighted by atomic mass is 10.3. The Morgan fingerprint density at radius 3 is 2.50 bits per heavy atom. The quantitative estimate of drug-likeness (QED) is 0.742. The van der Waals surface area contributed by atoms with E-state index in [0.717, 1.165) is 3.57 Å². The number of hydrogen-bond donors (Lipinski definition) is 2. The number of rotatable bonds is 6. The first-order valence-corrected chi connectivity index (χ1v) is 6.07. The Morgan fingerprint density at radius 2 is 2.00 bits per heavy atom. The van der Waals surface area contributed by atoms with Gasteiger partial charge in [0.15, 0.2) is 12.6 Å². The Labute approximate surface area is 116 Å². The molecule has 1 aromatic rings. The maximum Gasteiger partial charge on any atom is 0.328 e. The molecule has 0 aliphatic heterocycles. The van der Waals surface area contributed by atoms with Gasteiger partial charge in [-0.3, -0.25) is 4.79 Å². The van der Waals surface area contributed by atoms with Gasteiger partial charge in [-0.1, -0.05) is 0 Å². The molecular weight excluding hydrogens is 356 g/mol. The van der Waals surface area contributed by atoms with Crippen LogP contribution in [0.5, 0.6) is 5.75 Å². The zero-order chi connectivity index (χ0) is 13.5. The Kier molecular flexibility index (Phi) is 5.83. The van der Waals surface area contributed by atoms with Crippen LogP contribution >= 0.6 is 22.6 Å². The smallest absolute Gasteiger partial charge is 0.328 e. The maximum absolute atomic E-state index is 12.2. The average molecular weight is 367 g/mol. The van der Waals surface area contributed by atoms with E-state index < -0.39 is 24.6 Å². The van der Waals surface area contributed by atoms with Gasteiger partial charge in [0.25, 0.3) is 5.91 Å². The molecule has 0 fully saturated rings. The topological polar surface area (TPSA) is 75.6 Å². The summed E-state index contributed by atoms with van der Waals surface area (Å²) in [5, 5.41) is 10.5. The third kappa shape index (κ3) is 4.86. The van der Waals surface area contributed by atoms with Crippen molar-refractivity contribution in [2.75, 3.05) is 13.3 Å². The molecule has 1 unspecified atom stereocenters. The number of alkyl halides is 1. The lowest BCUT2D eigenvalue weighted by molar-refractivity contribution is -0.142. The van der Waals surface area contributed by atoms with Gasteiger partial charge < -0.3 is 15.2 Å². The summed E-state index contributed by atoms with van der Waals surface area (Å²) < 4.78 is 18.4. The first kappa shape index (κ1) is 14.7. The second-order valence-corrected chi connectivity index (χ2v) is 4.60. The molecule has 0 aliphatic rings. The highest BCUT2D eigenvalue weighted by Crippen LogP contribution is 2.13. The highest BCUT2D eigenvalue weighted by atomic mass is 127. The summed E-state index contributed by atoms with van der Waals surface area (Å²) in [6.45, 7) is -1.52. The first-order valence-electron chi connectivity index (χ1n) is 4.99. The van der Waals surface area contributed by atoms with Crippen LogP contribution < -0.4 is 10.1 Å². The number of aliphatic carboxylic acids is 1. The second kappa shape index (κ2) is 7.14. The van der Waals surface area contributed by atoms with Crippen molar-refractivity contribution in [2.24, 2.45) is 0 Å².